The van der Waals surface area contributed by atoms with Crippen LogP contribution in [0.4, 0.5) is 5.69 Å². The number of hydrogen-bond acceptors (Lipinski definition) is 3. The molecule has 1 aromatic heterocycles. The zero-order valence-electron chi connectivity index (χ0n) is 9.53. The van der Waals surface area contributed by atoms with Crippen molar-refractivity contribution in [1.29, 1.82) is 0 Å². The van der Waals surface area contributed by atoms with Crippen LogP contribution in [0.2, 0.25) is 0 Å². The van der Waals surface area contributed by atoms with Crippen molar-refractivity contribution in [3.63, 3.8) is 0 Å². The van der Waals surface area contributed by atoms with E-state index in [9.17, 15) is 4.79 Å². The van der Waals surface area contributed by atoms with Gasteiger partial charge < -0.3 is 10.6 Å². The smallest absolute Gasteiger partial charge is 0.274 e. The summed E-state index contributed by atoms with van der Waals surface area (Å²) in [5.74, 6) is -0.0686. The molecule has 0 atom stereocenters. The van der Waals surface area contributed by atoms with Crippen LogP contribution >= 0.6 is 0 Å². The van der Waals surface area contributed by atoms with Crippen LogP contribution in [-0.2, 0) is 7.05 Å². The molecule has 0 aliphatic heterocycles. The summed E-state index contributed by atoms with van der Waals surface area (Å²) in [5.41, 5.74) is 6.58. The van der Waals surface area contributed by atoms with Crippen molar-refractivity contribution in [2.75, 3.05) is 19.3 Å². The second-order valence-electron chi connectivity index (χ2n) is 3.65. The monoisotopic (exact) mass is 210 g/mol. The lowest BCUT2D eigenvalue weighted by Gasteiger charge is -2.16. The van der Waals surface area contributed by atoms with E-state index in [4.69, 9.17) is 5.73 Å². The highest BCUT2D eigenvalue weighted by Crippen LogP contribution is 2.11. The number of aryl methyl sites for hydroxylation is 1. The Morgan fingerprint density at radius 2 is 2.33 bits per heavy atom. The molecule has 0 bridgehead atoms. The van der Waals surface area contributed by atoms with Gasteiger partial charge in [0.05, 0.1) is 11.9 Å². The minimum Gasteiger partial charge on any atom is -0.396 e. The molecule has 1 heterocycles. The van der Waals surface area contributed by atoms with Crippen molar-refractivity contribution in [2.24, 2.45) is 7.05 Å². The molecule has 0 aliphatic rings. The Bertz CT molecular complexity index is 326. The maximum Gasteiger partial charge on any atom is 0.274 e. The van der Waals surface area contributed by atoms with Gasteiger partial charge in [0, 0.05) is 20.6 Å². The van der Waals surface area contributed by atoms with E-state index in [-0.39, 0.29) is 5.91 Å². The number of nitrogens with two attached hydrogens (primary N) is 1. The molecular weight excluding hydrogens is 192 g/mol. The molecule has 0 fully saturated rings. The van der Waals surface area contributed by atoms with Crippen LogP contribution in [0.5, 0.6) is 0 Å². The second kappa shape index (κ2) is 4.82. The molecule has 15 heavy (non-hydrogen) atoms. The van der Waals surface area contributed by atoms with Crippen molar-refractivity contribution in [3.8, 4) is 0 Å². The topological polar surface area (TPSA) is 64.2 Å². The van der Waals surface area contributed by atoms with E-state index >= 15 is 0 Å². The van der Waals surface area contributed by atoms with Crippen LogP contribution in [-0.4, -0.2) is 34.2 Å². The Balaban J connectivity index is 2.76. The third-order valence-electron chi connectivity index (χ3n) is 2.36. The van der Waals surface area contributed by atoms with Crippen LogP contribution in [0.3, 0.4) is 0 Å². The molecule has 5 heteroatoms. The van der Waals surface area contributed by atoms with E-state index in [2.05, 4.69) is 12.0 Å². The molecule has 0 unspecified atom stereocenters. The number of anilines is 1. The van der Waals surface area contributed by atoms with Crippen molar-refractivity contribution in [1.82, 2.24) is 14.7 Å². The first-order valence-corrected chi connectivity index (χ1v) is 5.10. The van der Waals surface area contributed by atoms with Gasteiger partial charge in [-0.05, 0) is 6.42 Å². The van der Waals surface area contributed by atoms with E-state index in [1.165, 1.54) is 10.9 Å². The first-order chi connectivity index (χ1) is 7.07. The Labute approximate surface area is 89.9 Å². The molecular formula is C10H18N4O. The minimum absolute atomic E-state index is 0.0686. The first-order valence-electron chi connectivity index (χ1n) is 5.10. The van der Waals surface area contributed by atoms with Crippen molar-refractivity contribution >= 4 is 11.6 Å². The van der Waals surface area contributed by atoms with Gasteiger partial charge in [-0.25, -0.2) is 0 Å². The molecule has 1 rings (SSSR count). The lowest BCUT2D eigenvalue weighted by Crippen LogP contribution is -2.30. The van der Waals surface area contributed by atoms with Gasteiger partial charge in [-0.2, -0.15) is 5.10 Å². The predicted octanol–water partition coefficient (Wildman–Crippen LogP) is 0.874. The van der Waals surface area contributed by atoms with E-state index in [0.717, 1.165) is 19.4 Å². The first kappa shape index (κ1) is 11.6. The summed E-state index contributed by atoms with van der Waals surface area (Å²) in [4.78, 5) is 13.6. The quantitative estimate of drug-likeness (QED) is 0.802. The molecule has 84 valence electrons. The number of amides is 1. The molecule has 0 spiro atoms. The maximum atomic E-state index is 11.9. The van der Waals surface area contributed by atoms with Crippen LogP contribution < -0.4 is 5.73 Å². The molecule has 0 aromatic carbocycles. The van der Waals surface area contributed by atoms with Crippen LogP contribution in [0.25, 0.3) is 0 Å². The van der Waals surface area contributed by atoms with Crippen molar-refractivity contribution < 1.29 is 4.79 Å². The Kier molecular flexibility index (Phi) is 3.71. The second-order valence-corrected chi connectivity index (χ2v) is 3.65. The lowest BCUT2D eigenvalue weighted by atomic mass is 10.3. The molecule has 2 N–H and O–H groups in total. The number of carbonyl (C=O) groups excluding carboxylic acids is 1. The van der Waals surface area contributed by atoms with Crippen molar-refractivity contribution in [3.05, 3.63) is 11.9 Å². The molecule has 5 nitrogen and oxygen atoms in total. The average Bonchev–Trinajstić information content (AvgIpc) is 2.54. The number of carbonyl (C=O) groups is 1. The summed E-state index contributed by atoms with van der Waals surface area (Å²) in [6.07, 6.45) is 3.57. The summed E-state index contributed by atoms with van der Waals surface area (Å²) >= 11 is 0. The Morgan fingerprint density at radius 1 is 1.67 bits per heavy atom. The summed E-state index contributed by atoms with van der Waals surface area (Å²) in [7, 11) is 3.50. The predicted molar refractivity (Wildman–Crippen MR) is 59.5 cm³/mol. The molecule has 0 radical (unpaired) electrons. The van der Waals surface area contributed by atoms with Crippen LogP contribution in [0.15, 0.2) is 6.20 Å². The highest BCUT2D eigenvalue weighted by atomic mass is 16.2. The summed E-state index contributed by atoms with van der Waals surface area (Å²) in [5, 5.41) is 3.94. The average molecular weight is 210 g/mol. The largest absolute Gasteiger partial charge is 0.396 e. The normalized spacial score (nSPS) is 10.3. The number of hydrogen-bond donors (Lipinski definition) is 1. The van der Waals surface area contributed by atoms with Gasteiger partial charge in [0.15, 0.2) is 0 Å². The molecule has 1 aromatic rings. The fourth-order valence-electron chi connectivity index (χ4n) is 1.39. The number of unbranched alkanes of at least 4 members (excludes halogenated alkanes) is 1. The maximum absolute atomic E-state index is 11.9. The molecule has 1 amide bonds. The van der Waals surface area contributed by atoms with Gasteiger partial charge in [0.2, 0.25) is 0 Å². The zero-order valence-corrected chi connectivity index (χ0v) is 9.53. The molecule has 0 saturated heterocycles. The fourth-order valence-corrected chi connectivity index (χ4v) is 1.39. The third-order valence-corrected chi connectivity index (χ3v) is 2.36. The van der Waals surface area contributed by atoms with E-state index < -0.39 is 0 Å². The SMILES string of the molecule is CCCCN(C)C(=O)c1c(N)cnn1C. The number of aromatic nitrogens is 2. The standard InChI is InChI=1S/C10H18N4O/c1-4-5-6-13(2)10(15)9-8(11)7-12-14(9)3/h7H,4-6,11H2,1-3H3. The summed E-state index contributed by atoms with van der Waals surface area (Å²) in [6, 6.07) is 0. The zero-order chi connectivity index (χ0) is 11.4. The lowest BCUT2D eigenvalue weighted by molar-refractivity contribution is 0.0783. The number of rotatable bonds is 4. The Morgan fingerprint density at radius 3 is 2.80 bits per heavy atom. The minimum atomic E-state index is -0.0686. The van der Waals surface area contributed by atoms with Crippen LogP contribution in [0, 0.1) is 0 Å². The van der Waals surface area contributed by atoms with Gasteiger partial charge in [0.25, 0.3) is 5.91 Å². The highest BCUT2D eigenvalue weighted by Gasteiger charge is 2.18. The number of nitrogen functional groups attached to an aromatic ring is 1. The van der Waals surface area contributed by atoms with E-state index in [0.29, 0.717) is 11.4 Å². The van der Waals surface area contributed by atoms with E-state index in [1.54, 1.807) is 19.0 Å². The fraction of sp³-hybridized carbons (Fsp3) is 0.600. The van der Waals surface area contributed by atoms with Gasteiger partial charge in [0.1, 0.15) is 5.69 Å². The third kappa shape index (κ3) is 2.49. The van der Waals surface area contributed by atoms with Gasteiger partial charge in [-0.1, -0.05) is 13.3 Å². The molecule has 0 saturated carbocycles. The summed E-state index contributed by atoms with van der Waals surface area (Å²) < 4.78 is 1.51. The highest BCUT2D eigenvalue weighted by molar-refractivity contribution is 5.97. The van der Waals surface area contributed by atoms with Gasteiger partial charge >= 0.3 is 0 Å². The van der Waals surface area contributed by atoms with Gasteiger partial charge in [-0.3, -0.25) is 9.48 Å². The number of nitrogens with zero attached hydrogens (tertiary/aromatic N) is 3. The summed E-state index contributed by atoms with van der Waals surface area (Å²) in [6.45, 7) is 2.84. The van der Waals surface area contributed by atoms with E-state index in [1.807, 2.05) is 0 Å². The van der Waals surface area contributed by atoms with Crippen molar-refractivity contribution in [2.45, 2.75) is 19.8 Å². The molecule has 0 aliphatic carbocycles. The van der Waals surface area contributed by atoms with Gasteiger partial charge in [-0.15, -0.1) is 0 Å². The van der Waals surface area contributed by atoms with Crippen LogP contribution in [0.1, 0.15) is 30.3 Å². The Hall–Kier alpha value is -1.52.